The van der Waals surface area contributed by atoms with E-state index in [1.165, 1.54) is 0 Å². The maximum atomic E-state index is 9.67. The Morgan fingerprint density at radius 2 is 0.917 bits per heavy atom. The molecular formula is CHF3Li3O4P. The molecule has 11 heteroatoms. The SMILES string of the molecule is FC(F)F.O=P([O-])([O-])[O-].[Li+].[Li+].[Li+]. The summed E-state index contributed by atoms with van der Waals surface area (Å²) in [5.74, 6) is 0. The van der Waals surface area contributed by atoms with Gasteiger partial charge in [-0.25, -0.2) is 0 Å². The topological polar surface area (TPSA) is 86.2 Å². The summed E-state index contributed by atoms with van der Waals surface area (Å²) < 4.78 is 37.5. The minimum Gasteiger partial charge on any atom is -0.822 e. The van der Waals surface area contributed by atoms with Gasteiger partial charge in [-0.05, 0) is 0 Å². The molecule has 0 aromatic rings. The third-order valence-electron chi connectivity index (χ3n) is 0. The van der Waals surface area contributed by atoms with Gasteiger partial charge >= 0.3 is 63.3 Å². The maximum Gasteiger partial charge on any atom is 1.00 e. The molecular weight excluding hydrogens is 185 g/mol. The zero-order valence-corrected chi connectivity index (χ0v) is 7.69. The van der Waals surface area contributed by atoms with Gasteiger partial charge in [0.25, 0.3) is 0 Å². The van der Waals surface area contributed by atoms with E-state index >= 15 is 0 Å². The standard InChI is InChI=1S/CHF3.3Li.H3O4P/c2-1(3)4;;;;1-5(2,3)4/h1H;;;;(H3,1,2,3,4)/q;3*+1;/p-3. The van der Waals surface area contributed by atoms with Gasteiger partial charge in [-0.1, -0.05) is 0 Å². The van der Waals surface area contributed by atoms with Gasteiger partial charge in [-0.3, -0.25) is 0 Å². The minimum absolute atomic E-state index is 0. The molecule has 0 aromatic heterocycles. The van der Waals surface area contributed by atoms with E-state index in [1.54, 1.807) is 0 Å². The molecule has 0 aliphatic carbocycles. The molecule has 0 rings (SSSR count). The molecule has 0 radical (unpaired) electrons. The molecule has 0 unspecified atom stereocenters. The molecule has 0 aromatic carbocycles. The fraction of sp³-hybridized carbons (Fsp3) is 1.00. The van der Waals surface area contributed by atoms with Gasteiger partial charge in [-0.15, -0.1) is 0 Å². The predicted octanol–water partition coefficient (Wildman–Crippen LogP) is -10.6. The molecule has 58 valence electrons. The van der Waals surface area contributed by atoms with Crippen LogP contribution in [0.4, 0.5) is 13.2 Å². The van der Waals surface area contributed by atoms with Crippen LogP contribution in [0.2, 0.25) is 0 Å². The van der Waals surface area contributed by atoms with Gasteiger partial charge in [0.05, 0.1) is 0 Å². The van der Waals surface area contributed by atoms with Crippen LogP contribution in [0, 0.1) is 0 Å². The first-order valence-electron chi connectivity index (χ1n) is 1.38. The monoisotopic (exact) mass is 186 g/mol. The first kappa shape index (κ1) is 29.2. The normalized spacial score (nSPS) is 7.92. The van der Waals surface area contributed by atoms with Crippen molar-refractivity contribution >= 4 is 7.82 Å². The Balaban J connectivity index is -0.0000000221. The van der Waals surface area contributed by atoms with Gasteiger partial charge < -0.3 is 19.2 Å². The van der Waals surface area contributed by atoms with E-state index in [0.29, 0.717) is 0 Å². The Kier molecular flexibility index (Phi) is 36.9. The Morgan fingerprint density at radius 1 is 0.917 bits per heavy atom. The molecule has 0 N–H and O–H groups in total. The first-order valence-corrected chi connectivity index (χ1v) is 2.85. The summed E-state index contributed by atoms with van der Waals surface area (Å²) in [6.45, 7) is -3.67. The quantitative estimate of drug-likeness (QED) is 0.277. The molecule has 0 saturated heterocycles. The number of hydrogen-bond donors (Lipinski definition) is 0. The van der Waals surface area contributed by atoms with E-state index in [2.05, 4.69) is 0 Å². The summed E-state index contributed by atoms with van der Waals surface area (Å²) in [6, 6.07) is 0. The first-order chi connectivity index (χ1) is 3.73. The molecule has 0 spiro atoms. The van der Waals surface area contributed by atoms with Crippen molar-refractivity contribution < 1.29 is 89.0 Å². The Hall–Kier alpha value is 1.69. The second-order valence-electron chi connectivity index (χ2n) is 0.695. The molecule has 0 aliphatic heterocycles. The largest absolute Gasteiger partial charge is 1.00 e. The van der Waals surface area contributed by atoms with Crippen LogP contribution in [-0.2, 0) is 4.57 Å². The summed E-state index contributed by atoms with van der Waals surface area (Å²) in [4.78, 5) is 25.6. The zero-order chi connectivity index (χ0) is 8.08. The summed E-state index contributed by atoms with van der Waals surface area (Å²) >= 11 is 0. The molecule has 0 bridgehead atoms. The second kappa shape index (κ2) is 15.2. The van der Waals surface area contributed by atoms with Crippen LogP contribution in [-0.4, -0.2) is 6.68 Å². The van der Waals surface area contributed by atoms with Crippen molar-refractivity contribution in [3.63, 3.8) is 0 Å². The Bertz CT molecular complexity index is 96.7. The van der Waals surface area contributed by atoms with Gasteiger partial charge in [0.1, 0.15) is 0 Å². The number of hydrogen-bond acceptors (Lipinski definition) is 4. The van der Waals surface area contributed by atoms with Crippen LogP contribution in [0.1, 0.15) is 0 Å². The van der Waals surface area contributed by atoms with Gasteiger partial charge in [0.2, 0.25) is 0 Å². The van der Waals surface area contributed by atoms with Crippen LogP contribution in [0.15, 0.2) is 0 Å². The van der Waals surface area contributed by atoms with Gasteiger partial charge in [0, 0.05) is 0 Å². The third kappa shape index (κ3) is 467. The summed E-state index contributed by atoms with van der Waals surface area (Å²) in [5.41, 5.74) is 0. The van der Waals surface area contributed by atoms with E-state index in [1.807, 2.05) is 0 Å². The average molecular weight is 186 g/mol. The van der Waals surface area contributed by atoms with E-state index in [0.717, 1.165) is 0 Å². The van der Waals surface area contributed by atoms with Gasteiger partial charge in [-0.2, -0.15) is 21.0 Å². The van der Waals surface area contributed by atoms with E-state index < -0.39 is 14.5 Å². The molecule has 0 heterocycles. The summed E-state index contributed by atoms with van der Waals surface area (Å²) in [7, 11) is -5.39. The van der Waals surface area contributed by atoms with Crippen molar-refractivity contribution in [2.45, 2.75) is 6.68 Å². The van der Waals surface area contributed by atoms with Crippen LogP contribution in [0.5, 0.6) is 0 Å². The molecule has 0 atom stereocenters. The molecule has 0 saturated carbocycles. The van der Waals surface area contributed by atoms with Crippen molar-refractivity contribution in [2.75, 3.05) is 0 Å². The fourth-order valence-electron chi connectivity index (χ4n) is 0. The molecule has 0 fully saturated rings. The van der Waals surface area contributed by atoms with Crippen molar-refractivity contribution in [3.05, 3.63) is 0 Å². The molecule has 0 aliphatic rings. The smallest absolute Gasteiger partial charge is 0.822 e. The average Bonchev–Trinajstić information content (AvgIpc) is 1.19. The minimum atomic E-state index is -5.39. The van der Waals surface area contributed by atoms with Crippen LogP contribution >= 0.6 is 7.82 Å². The van der Waals surface area contributed by atoms with Gasteiger partial charge in [0.15, 0.2) is 0 Å². The maximum absolute atomic E-state index is 9.67. The van der Waals surface area contributed by atoms with Crippen molar-refractivity contribution in [1.82, 2.24) is 0 Å². The molecule has 4 nitrogen and oxygen atoms in total. The van der Waals surface area contributed by atoms with Crippen molar-refractivity contribution in [2.24, 2.45) is 0 Å². The molecule has 0 amide bonds. The predicted molar refractivity (Wildman–Crippen MR) is 14.7 cm³/mol. The number of rotatable bonds is 0. The van der Waals surface area contributed by atoms with Crippen LogP contribution < -0.4 is 71.3 Å². The summed E-state index contributed by atoms with van der Waals surface area (Å²) in [6.07, 6.45) is 0. The zero-order valence-electron chi connectivity index (χ0n) is 6.79. The summed E-state index contributed by atoms with van der Waals surface area (Å²) in [5, 5.41) is 0. The number of alkyl halides is 3. The van der Waals surface area contributed by atoms with E-state index in [9.17, 15) is 13.2 Å². The number of halogens is 3. The third-order valence-corrected chi connectivity index (χ3v) is 0. The molecule has 12 heavy (non-hydrogen) atoms. The Labute approximate surface area is 103 Å². The Morgan fingerprint density at radius 3 is 0.917 bits per heavy atom. The fourth-order valence-corrected chi connectivity index (χ4v) is 0. The van der Waals surface area contributed by atoms with E-state index in [4.69, 9.17) is 19.2 Å². The number of phosphoric acid groups is 1. The van der Waals surface area contributed by atoms with Crippen LogP contribution in [0.25, 0.3) is 0 Å². The second-order valence-corrected chi connectivity index (χ2v) is 1.59. The van der Waals surface area contributed by atoms with Crippen LogP contribution in [0.3, 0.4) is 0 Å². The van der Waals surface area contributed by atoms with E-state index in [-0.39, 0.29) is 56.6 Å². The van der Waals surface area contributed by atoms with Crippen molar-refractivity contribution in [1.29, 1.82) is 0 Å². The van der Waals surface area contributed by atoms with Crippen molar-refractivity contribution in [3.8, 4) is 0 Å².